The van der Waals surface area contributed by atoms with Crippen LogP contribution in [-0.2, 0) is 11.3 Å². The van der Waals surface area contributed by atoms with Gasteiger partial charge in [-0.2, -0.15) is 0 Å². The highest BCUT2D eigenvalue weighted by molar-refractivity contribution is 5.80. The number of hydrogen-bond donors (Lipinski definition) is 1. The predicted octanol–water partition coefficient (Wildman–Crippen LogP) is 2.54. The van der Waals surface area contributed by atoms with Crippen LogP contribution in [0.2, 0.25) is 0 Å². The van der Waals surface area contributed by atoms with Crippen LogP contribution in [0, 0.1) is 5.41 Å². The van der Waals surface area contributed by atoms with Crippen molar-refractivity contribution in [2.24, 2.45) is 10.4 Å². The van der Waals surface area contributed by atoms with E-state index in [2.05, 4.69) is 65.1 Å². The summed E-state index contributed by atoms with van der Waals surface area (Å²) in [7, 11) is 1.88. The summed E-state index contributed by atoms with van der Waals surface area (Å²) in [5.74, 6) is 1.62. The van der Waals surface area contributed by atoms with Crippen LogP contribution in [0.1, 0.15) is 37.8 Å². The molecule has 2 saturated heterocycles. The molecule has 0 atom stereocenters. The second-order valence-electron chi connectivity index (χ2n) is 8.36. The molecule has 1 N–H and O–H groups in total. The van der Waals surface area contributed by atoms with E-state index in [-0.39, 0.29) is 5.41 Å². The van der Waals surface area contributed by atoms with Crippen LogP contribution < -0.4 is 5.32 Å². The quantitative estimate of drug-likeness (QED) is 0.649. The molecule has 0 aliphatic carbocycles. The van der Waals surface area contributed by atoms with E-state index in [9.17, 15) is 0 Å². The van der Waals surface area contributed by atoms with Gasteiger partial charge in [-0.15, -0.1) is 0 Å². The van der Waals surface area contributed by atoms with Crippen LogP contribution >= 0.6 is 0 Å². The number of rotatable bonds is 5. The lowest BCUT2D eigenvalue weighted by Gasteiger charge is -2.41. The molecular weight excluding hydrogens is 324 g/mol. The molecular formula is C21H34N4O. The lowest BCUT2D eigenvalue weighted by Crippen LogP contribution is -2.55. The summed E-state index contributed by atoms with van der Waals surface area (Å²) in [4.78, 5) is 9.39. The van der Waals surface area contributed by atoms with E-state index in [1.807, 2.05) is 7.05 Å². The minimum Gasteiger partial charge on any atom is -0.380 e. The number of aliphatic imine (C=N–C) groups is 1. The molecule has 0 amide bonds. The monoisotopic (exact) mass is 358 g/mol. The van der Waals surface area contributed by atoms with Crippen LogP contribution in [0.25, 0.3) is 0 Å². The number of piperazine rings is 1. The second kappa shape index (κ2) is 8.40. The number of ether oxygens (including phenoxy) is 1. The fraction of sp³-hybridized carbons (Fsp3) is 0.667. The lowest BCUT2D eigenvalue weighted by molar-refractivity contribution is -0.0973. The van der Waals surface area contributed by atoms with Gasteiger partial charge in [0.05, 0.1) is 13.2 Å². The third-order valence-electron chi connectivity index (χ3n) is 5.51. The topological polar surface area (TPSA) is 40.1 Å². The maximum absolute atomic E-state index is 5.34. The highest BCUT2D eigenvalue weighted by Crippen LogP contribution is 2.25. The third-order valence-corrected chi connectivity index (χ3v) is 5.51. The number of benzene rings is 1. The summed E-state index contributed by atoms with van der Waals surface area (Å²) < 4.78 is 5.34. The minimum absolute atomic E-state index is 0.264. The van der Waals surface area contributed by atoms with Gasteiger partial charge in [-0.25, -0.2) is 0 Å². The Kier molecular flexibility index (Phi) is 6.20. The lowest BCUT2D eigenvalue weighted by atomic mass is 9.89. The zero-order valence-corrected chi connectivity index (χ0v) is 16.8. The van der Waals surface area contributed by atoms with Crippen LogP contribution in [0.4, 0.5) is 0 Å². The molecule has 26 heavy (non-hydrogen) atoms. The third kappa shape index (κ3) is 4.77. The van der Waals surface area contributed by atoms with Crippen molar-refractivity contribution in [3.05, 3.63) is 35.4 Å². The molecule has 0 unspecified atom stereocenters. The molecule has 2 aliphatic heterocycles. The minimum atomic E-state index is 0.264. The molecule has 2 aliphatic rings. The summed E-state index contributed by atoms with van der Waals surface area (Å²) in [6.07, 6.45) is 0. The van der Waals surface area contributed by atoms with E-state index in [0.29, 0.717) is 5.92 Å². The maximum atomic E-state index is 5.34. The van der Waals surface area contributed by atoms with Crippen molar-refractivity contribution < 1.29 is 4.74 Å². The van der Waals surface area contributed by atoms with Gasteiger partial charge in [0.15, 0.2) is 5.96 Å². The van der Waals surface area contributed by atoms with Crippen molar-refractivity contribution in [3.63, 3.8) is 0 Å². The van der Waals surface area contributed by atoms with Crippen molar-refractivity contribution in [1.82, 2.24) is 15.1 Å². The van der Waals surface area contributed by atoms with Gasteiger partial charge < -0.3 is 15.0 Å². The summed E-state index contributed by atoms with van der Waals surface area (Å²) in [6.45, 7) is 14.6. The van der Waals surface area contributed by atoms with Gasteiger partial charge >= 0.3 is 0 Å². The Bertz CT molecular complexity index is 599. The molecule has 0 bridgehead atoms. The average Bonchev–Trinajstić information content (AvgIpc) is 2.62. The van der Waals surface area contributed by atoms with E-state index in [4.69, 9.17) is 4.74 Å². The molecule has 5 nitrogen and oxygen atoms in total. The van der Waals surface area contributed by atoms with Gasteiger partial charge in [0.1, 0.15) is 0 Å². The number of nitrogens with one attached hydrogen (secondary N) is 1. The van der Waals surface area contributed by atoms with E-state index < -0.39 is 0 Å². The van der Waals surface area contributed by atoms with Gasteiger partial charge in [0, 0.05) is 51.7 Å². The average molecular weight is 359 g/mol. The first-order valence-corrected chi connectivity index (χ1v) is 9.84. The first-order chi connectivity index (χ1) is 12.5. The first-order valence-electron chi connectivity index (χ1n) is 9.84. The Morgan fingerprint density at radius 3 is 2.31 bits per heavy atom. The van der Waals surface area contributed by atoms with Crippen molar-refractivity contribution in [3.8, 4) is 0 Å². The molecule has 0 aromatic heterocycles. The second-order valence-corrected chi connectivity index (χ2v) is 8.36. The first kappa shape index (κ1) is 19.2. The Balaban J connectivity index is 1.45. The summed E-state index contributed by atoms with van der Waals surface area (Å²) >= 11 is 0. The van der Waals surface area contributed by atoms with Crippen molar-refractivity contribution in [1.29, 1.82) is 0 Å². The molecule has 2 heterocycles. The van der Waals surface area contributed by atoms with E-state index in [1.54, 1.807) is 0 Å². The molecule has 0 saturated carbocycles. The fourth-order valence-corrected chi connectivity index (χ4v) is 3.56. The largest absolute Gasteiger partial charge is 0.380 e. The maximum Gasteiger partial charge on any atom is 0.193 e. The van der Waals surface area contributed by atoms with E-state index in [1.165, 1.54) is 11.1 Å². The molecule has 1 aromatic carbocycles. The molecule has 3 rings (SSSR count). The highest BCUT2D eigenvalue weighted by Gasteiger charge is 2.33. The SMILES string of the molecule is CN=C(NCC1(C)COC1)N1CCN(Cc2ccc(C(C)C)cc2)CC1. The van der Waals surface area contributed by atoms with Crippen molar-refractivity contribution in [2.75, 3.05) is 53.0 Å². The fourth-order valence-electron chi connectivity index (χ4n) is 3.56. The molecule has 1 aromatic rings. The standard InChI is InChI=1S/C21H34N4O/c1-17(2)19-7-5-18(6-8-19)13-24-9-11-25(12-10-24)20(22-4)23-14-21(3)15-26-16-21/h5-8,17H,9-16H2,1-4H3,(H,22,23). The molecule has 144 valence electrons. The zero-order chi connectivity index (χ0) is 18.6. The van der Waals surface area contributed by atoms with E-state index in [0.717, 1.165) is 58.4 Å². The Morgan fingerprint density at radius 2 is 1.81 bits per heavy atom. The molecule has 5 heteroatoms. The predicted molar refractivity (Wildman–Crippen MR) is 108 cm³/mol. The van der Waals surface area contributed by atoms with Crippen LogP contribution in [0.3, 0.4) is 0 Å². The smallest absolute Gasteiger partial charge is 0.193 e. The summed E-state index contributed by atoms with van der Waals surface area (Å²) in [5, 5.41) is 3.54. The Hall–Kier alpha value is -1.59. The number of guanidine groups is 1. The van der Waals surface area contributed by atoms with Crippen molar-refractivity contribution >= 4 is 5.96 Å². The summed E-state index contributed by atoms with van der Waals surface area (Å²) in [5.41, 5.74) is 3.09. The Labute approximate surface area is 158 Å². The Morgan fingerprint density at radius 1 is 1.15 bits per heavy atom. The number of hydrogen-bond acceptors (Lipinski definition) is 3. The number of nitrogens with zero attached hydrogens (tertiary/aromatic N) is 3. The molecule has 2 fully saturated rings. The van der Waals surface area contributed by atoms with Crippen LogP contribution in [-0.4, -0.2) is 68.7 Å². The normalized spacial score (nSPS) is 21.0. The zero-order valence-electron chi connectivity index (χ0n) is 16.8. The highest BCUT2D eigenvalue weighted by atomic mass is 16.5. The van der Waals surface area contributed by atoms with Gasteiger partial charge in [-0.1, -0.05) is 45.0 Å². The molecule has 0 radical (unpaired) electrons. The molecule has 0 spiro atoms. The van der Waals surface area contributed by atoms with E-state index >= 15 is 0 Å². The van der Waals surface area contributed by atoms with Gasteiger partial charge in [0.25, 0.3) is 0 Å². The van der Waals surface area contributed by atoms with Crippen molar-refractivity contribution in [2.45, 2.75) is 33.2 Å². The van der Waals surface area contributed by atoms with Gasteiger partial charge in [0.2, 0.25) is 0 Å². The van der Waals surface area contributed by atoms with Gasteiger partial charge in [-0.05, 0) is 17.0 Å². The van der Waals surface area contributed by atoms with Crippen LogP contribution in [0.15, 0.2) is 29.3 Å². The van der Waals surface area contributed by atoms with Crippen LogP contribution in [0.5, 0.6) is 0 Å². The summed E-state index contributed by atoms with van der Waals surface area (Å²) in [6, 6.07) is 9.10. The van der Waals surface area contributed by atoms with Gasteiger partial charge in [-0.3, -0.25) is 9.89 Å².